The van der Waals surface area contributed by atoms with Crippen LogP contribution in [0.5, 0.6) is 0 Å². The molecule has 4 nitrogen and oxygen atoms in total. The van der Waals surface area contributed by atoms with Gasteiger partial charge in [-0.1, -0.05) is 23.7 Å². The number of nitrogens with zero attached hydrogens (tertiary/aromatic N) is 2. The highest BCUT2D eigenvalue weighted by Gasteiger charge is 2.15. The van der Waals surface area contributed by atoms with E-state index in [-0.39, 0.29) is 0 Å². The second-order valence-corrected chi connectivity index (χ2v) is 5.07. The largest absolute Gasteiger partial charge is 0.453 e. The molecule has 0 spiro atoms. The Morgan fingerprint density at radius 1 is 1.15 bits per heavy atom. The molecule has 5 heteroatoms. The minimum atomic E-state index is 0.600. The lowest BCUT2D eigenvalue weighted by Gasteiger charge is -2.08. The van der Waals surface area contributed by atoms with E-state index in [4.69, 9.17) is 16.0 Å². The monoisotopic (exact) mass is 287 g/mol. The lowest BCUT2D eigenvalue weighted by atomic mass is 10.1. The zero-order chi connectivity index (χ0) is 14.3. The second-order valence-electron chi connectivity index (χ2n) is 4.67. The molecule has 0 unspecified atom stereocenters. The maximum atomic E-state index is 6.14. The average molecular weight is 288 g/mol. The van der Waals surface area contributed by atoms with E-state index >= 15 is 0 Å². The summed E-state index contributed by atoms with van der Waals surface area (Å²) in [6, 6.07) is 7.62. The summed E-state index contributed by atoms with van der Waals surface area (Å²) >= 11 is 6.14. The third kappa shape index (κ3) is 1.93. The van der Waals surface area contributed by atoms with E-state index in [1.54, 1.807) is 0 Å². The molecule has 0 fully saturated rings. The third-order valence-electron chi connectivity index (χ3n) is 3.49. The van der Waals surface area contributed by atoms with Crippen molar-refractivity contribution in [2.24, 2.45) is 0 Å². The van der Waals surface area contributed by atoms with Gasteiger partial charge in [-0.2, -0.15) is 0 Å². The van der Waals surface area contributed by atoms with E-state index in [2.05, 4.69) is 15.5 Å². The third-order valence-corrected chi connectivity index (χ3v) is 3.79. The highest BCUT2D eigenvalue weighted by molar-refractivity contribution is 6.34. The van der Waals surface area contributed by atoms with E-state index in [1.807, 2.05) is 45.2 Å². The summed E-state index contributed by atoms with van der Waals surface area (Å²) in [5.41, 5.74) is 3.53. The molecule has 1 N–H and O–H groups in total. The Morgan fingerprint density at radius 2 is 1.95 bits per heavy atom. The van der Waals surface area contributed by atoms with Gasteiger partial charge in [0.05, 0.1) is 5.02 Å². The van der Waals surface area contributed by atoms with Crippen LogP contribution in [0.4, 0.5) is 5.82 Å². The summed E-state index contributed by atoms with van der Waals surface area (Å²) in [5.74, 6) is 1.46. The van der Waals surface area contributed by atoms with Crippen molar-refractivity contribution in [1.82, 2.24) is 10.2 Å². The van der Waals surface area contributed by atoms with Gasteiger partial charge in [-0.3, -0.25) is 0 Å². The predicted octanol–water partition coefficient (Wildman–Crippen LogP) is 4.20. The molecule has 3 rings (SSSR count). The number of furan rings is 1. The SMILES string of the molecule is CNc1nnc(-c2cc3cccc(Cl)c3o2)c(C)c1C. The van der Waals surface area contributed by atoms with Crippen LogP contribution in [0, 0.1) is 13.8 Å². The molecule has 2 aromatic heterocycles. The van der Waals surface area contributed by atoms with Crippen LogP contribution in [0.25, 0.3) is 22.4 Å². The van der Waals surface area contributed by atoms with Crippen molar-refractivity contribution in [2.75, 3.05) is 12.4 Å². The number of anilines is 1. The van der Waals surface area contributed by atoms with Crippen molar-refractivity contribution >= 4 is 28.4 Å². The van der Waals surface area contributed by atoms with Gasteiger partial charge < -0.3 is 9.73 Å². The maximum absolute atomic E-state index is 6.14. The lowest BCUT2D eigenvalue weighted by molar-refractivity contribution is 0.626. The topological polar surface area (TPSA) is 51.0 Å². The molecule has 0 amide bonds. The van der Waals surface area contributed by atoms with Crippen molar-refractivity contribution < 1.29 is 4.42 Å². The quantitative estimate of drug-likeness (QED) is 0.767. The summed E-state index contributed by atoms with van der Waals surface area (Å²) in [6.07, 6.45) is 0. The lowest BCUT2D eigenvalue weighted by Crippen LogP contribution is -2.02. The summed E-state index contributed by atoms with van der Waals surface area (Å²) in [4.78, 5) is 0. The Hall–Kier alpha value is -2.07. The fourth-order valence-corrected chi connectivity index (χ4v) is 2.44. The zero-order valence-corrected chi connectivity index (χ0v) is 12.2. The number of hydrogen-bond donors (Lipinski definition) is 1. The number of para-hydroxylation sites is 1. The van der Waals surface area contributed by atoms with E-state index < -0.39 is 0 Å². The van der Waals surface area contributed by atoms with Crippen LogP contribution in [0.15, 0.2) is 28.7 Å². The van der Waals surface area contributed by atoms with Gasteiger partial charge in [0.1, 0.15) is 5.69 Å². The Kier molecular flexibility index (Phi) is 3.10. The molecule has 0 bridgehead atoms. The summed E-state index contributed by atoms with van der Waals surface area (Å²) in [5, 5.41) is 13.0. The van der Waals surface area contributed by atoms with E-state index in [9.17, 15) is 0 Å². The Balaban J connectivity index is 2.21. The first-order valence-electron chi connectivity index (χ1n) is 6.32. The van der Waals surface area contributed by atoms with Crippen LogP contribution in [-0.4, -0.2) is 17.2 Å². The van der Waals surface area contributed by atoms with Crippen LogP contribution in [-0.2, 0) is 0 Å². The number of benzene rings is 1. The maximum Gasteiger partial charge on any atom is 0.156 e. The molecule has 3 aromatic rings. The average Bonchev–Trinajstić information content (AvgIpc) is 2.87. The molecular weight excluding hydrogens is 274 g/mol. The van der Waals surface area contributed by atoms with Gasteiger partial charge in [-0.25, -0.2) is 0 Å². The molecule has 2 heterocycles. The molecule has 20 heavy (non-hydrogen) atoms. The van der Waals surface area contributed by atoms with Gasteiger partial charge in [0.2, 0.25) is 0 Å². The van der Waals surface area contributed by atoms with E-state index in [0.717, 1.165) is 28.0 Å². The number of nitrogens with one attached hydrogen (secondary N) is 1. The molecule has 102 valence electrons. The van der Waals surface area contributed by atoms with Gasteiger partial charge in [-0.05, 0) is 37.1 Å². The first kappa shape index (κ1) is 12.9. The zero-order valence-electron chi connectivity index (χ0n) is 11.5. The fourth-order valence-electron chi connectivity index (χ4n) is 2.22. The molecule has 0 radical (unpaired) electrons. The van der Waals surface area contributed by atoms with Crippen LogP contribution in [0.2, 0.25) is 5.02 Å². The van der Waals surface area contributed by atoms with Crippen LogP contribution < -0.4 is 5.32 Å². The van der Waals surface area contributed by atoms with Crippen molar-refractivity contribution in [3.63, 3.8) is 0 Å². The highest BCUT2D eigenvalue weighted by atomic mass is 35.5. The first-order chi connectivity index (χ1) is 9.61. The Morgan fingerprint density at radius 3 is 2.65 bits per heavy atom. The highest BCUT2D eigenvalue weighted by Crippen LogP contribution is 2.33. The molecule has 0 saturated heterocycles. The number of rotatable bonds is 2. The number of halogens is 1. The van der Waals surface area contributed by atoms with Gasteiger partial charge in [0.25, 0.3) is 0 Å². The van der Waals surface area contributed by atoms with Crippen molar-refractivity contribution in [3.8, 4) is 11.5 Å². The molecule has 0 aliphatic heterocycles. The molecular formula is C15H14ClN3O. The van der Waals surface area contributed by atoms with Crippen LogP contribution >= 0.6 is 11.6 Å². The molecule has 0 atom stereocenters. The molecule has 0 saturated carbocycles. The van der Waals surface area contributed by atoms with Crippen LogP contribution in [0.1, 0.15) is 11.1 Å². The molecule has 1 aromatic carbocycles. The molecule has 0 aliphatic carbocycles. The summed E-state index contributed by atoms with van der Waals surface area (Å²) in [7, 11) is 1.83. The summed E-state index contributed by atoms with van der Waals surface area (Å²) in [6.45, 7) is 4.02. The van der Waals surface area contributed by atoms with Crippen LogP contribution in [0.3, 0.4) is 0 Å². The van der Waals surface area contributed by atoms with Gasteiger partial charge in [0, 0.05) is 12.4 Å². The normalized spacial score (nSPS) is 11.0. The Bertz CT molecular complexity index is 795. The minimum absolute atomic E-state index is 0.600. The van der Waals surface area contributed by atoms with Crippen molar-refractivity contribution in [3.05, 3.63) is 40.4 Å². The van der Waals surface area contributed by atoms with Gasteiger partial charge >= 0.3 is 0 Å². The second kappa shape index (κ2) is 4.80. The first-order valence-corrected chi connectivity index (χ1v) is 6.69. The smallest absolute Gasteiger partial charge is 0.156 e. The van der Waals surface area contributed by atoms with E-state index in [1.165, 1.54) is 0 Å². The minimum Gasteiger partial charge on any atom is -0.453 e. The summed E-state index contributed by atoms with van der Waals surface area (Å²) < 4.78 is 5.84. The number of aromatic nitrogens is 2. The Labute approximate surface area is 121 Å². The van der Waals surface area contributed by atoms with Gasteiger partial charge in [0.15, 0.2) is 17.2 Å². The van der Waals surface area contributed by atoms with Gasteiger partial charge in [-0.15, -0.1) is 10.2 Å². The standard InChI is InChI=1S/C15H14ClN3O/c1-8-9(2)15(17-3)19-18-13(8)12-7-10-5-4-6-11(16)14(10)20-12/h4-7H,1-3H3,(H,17,19). The number of hydrogen-bond acceptors (Lipinski definition) is 4. The number of fused-ring (bicyclic) bond motifs is 1. The van der Waals surface area contributed by atoms with Crippen molar-refractivity contribution in [1.29, 1.82) is 0 Å². The fraction of sp³-hybridized carbons (Fsp3) is 0.200. The van der Waals surface area contributed by atoms with E-state index in [0.29, 0.717) is 16.4 Å². The predicted molar refractivity (Wildman–Crippen MR) is 81.3 cm³/mol. The molecule has 0 aliphatic rings. The van der Waals surface area contributed by atoms with Crippen molar-refractivity contribution in [2.45, 2.75) is 13.8 Å².